The van der Waals surface area contributed by atoms with Gasteiger partial charge in [0.25, 0.3) is 5.91 Å². The van der Waals surface area contributed by atoms with E-state index in [-0.39, 0.29) is 11.5 Å². The van der Waals surface area contributed by atoms with Gasteiger partial charge in [0.2, 0.25) is 11.9 Å². The Bertz CT molecular complexity index is 514. The molecule has 7 heteroatoms. The maximum absolute atomic E-state index is 13.5. The van der Waals surface area contributed by atoms with Crippen LogP contribution in [0.3, 0.4) is 0 Å². The molecule has 0 atom stereocenters. The molecule has 102 valence electrons. The molecule has 1 aliphatic heterocycles. The van der Waals surface area contributed by atoms with Crippen molar-refractivity contribution in [3.8, 4) is 0 Å². The summed E-state index contributed by atoms with van der Waals surface area (Å²) in [7, 11) is 0. The highest BCUT2D eigenvalue weighted by Gasteiger charge is 2.28. The molecule has 1 aromatic rings. The normalized spacial score (nSPS) is 16.4. The molecular weight excluding hydrogens is 256 g/mol. The molecule has 5 nitrogen and oxygen atoms in total. The molecule has 2 rings (SSSR count). The van der Waals surface area contributed by atoms with Crippen molar-refractivity contribution >= 4 is 11.8 Å². The number of carbonyl (C=O) groups is 2. The molecule has 1 aliphatic rings. The first-order chi connectivity index (χ1) is 9.00. The molecule has 2 heterocycles. The topological polar surface area (TPSA) is 76.3 Å². The molecule has 0 unspecified atom stereocenters. The van der Waals surface area contributed by atoms with Crippen molar-refractivity contribution in [3.63, 3.8) is 0 Å². The summed E-state index contributed by atoms with van der Waals surface area (Å²) in [6.07, 6.45) is 1.92. The van der Waals surface area contributed by atoms with Crippen LogP contribution in [0.5, 0.6) is 0 Å². The number of piperidine rings is 1. The number of carbonyl (C=O) groups excluding carboxylic acids is 2. The van der Waals surface area contributed by atoms with Crippen LogP contribution in [0.25, 0.3) is 0 Å². The van der Waals surface area contributed by atoms with Crippen LogP contribution < -0.4 is 5.73 Å². The van der Waals surface area contributed by atoms with Gasteiger partial charge in [-0.15, -0.1) is 0 Å². The molecule has 0 saturated carbocycles. The molecule has 0 aromatic carbocycles. The number of nitrogens with two attached hydrogens (primary N) is 1. The lowest BCUT2D eigenvalue weighted by atomic mass is 9.96. The number of pyridine rings is 1. The minimum Gasteiger partial charge on any atom is -0.369 e. The van der Waals surface area contributed by atoms with E-state index < -0.39 is 23.6 Å². The van der Waals surface area contributed by atoms with Crippen molar-refractivity contribution in [2.45, 2.75) is 12.8 Å². The van der Waals surface area contributed by atoms with Crippen LogP contribution in [0.1, 0.15) is 23.2 Å². The maximum atomic E-state index is 13.5. The molecule has 1 fully saturated rings. The third-order valence-electron chi connectivity index (χ3n) is 3.26. The summed E-state index contributed by atoms with van der Waals surface area (Å²) in [6.45, 7) is 0.603. The van der Waals surface area contributed by atoms with Crippen LogP contribution in [0.2, 0.25) is 0 Å². The molecule has 0 radical (unpaired) electrons. The number of hydrogen-bond donors (Lipinski definition) is 1. The summed E-state index contributed by atoms with van der Waals surface area (Å²) >= 11 is 0. The fourth-order valence-corrected chi connectivity index (χ4v) is 2.12. The van der Waals surface area contributed by atoms with Crippen LogP contribution in [0.15, 0.2) is 12.3 Å². The van der Waals surface area contributed by atoms with Crippen molar-refractivity contribution < 1.29 is 18.4 Å². The second-order valence-corrected chi connectivity index (χ2v) is 4.43. The standard InChI is InChI=1S/C12H13F2N3O2/c13-9-8(1-4-16-10(9)14)12(19)17-5-2-7(3-6-17)11(15)18/h1,4,7H,2-3,5-6H2,(H2,15,18). The molecule has 2 amide bonds. The van der Waals surface area contributed by atoms with Gasteiger partial charge in [-0.1, -0.05) is 0 Å². The molecular formula is C12H13F2N3O2. The summed E-state index contributed by atoms with van der Waals surface area (Å²) in [5.74, 6) is -3.79. The van der Waals surface area contributed by atoms with Crippen molar-refractivity contribution in [1.29, 1.82) is 0 Å². The lowest BCUT2D eigenvalue weighted by molar-refractivity contribution is -0.123. The molecule has 0 spiro atoms. The Morgan fingerprint density at radius 1 is 1.32 bits per heavy atom. The molecule has 0 bridgehead atoms. The molecule has 1 saturated heterocycles. The van der Waals surface area contributed by atoms with Gasteiger partial charge >= 0.3 is 0 Å². The predicted octanol–water partition coefficient (Wildman–Crippen LogP) is 0.697. The summed E-state index contributed by atoms with van der Waals surface area (Å²) in [6, 6.07) is 1.14. The third kappa shape index (κ3) is 2.69. The van der Waals surface area contributed by atoms with Crippen LogP contribution in [-0.2, 0) is 4.79 Å². The highest BCUT2D eigenvalue weighted by Crippen LogP contribution is 2.20. The lowest BCUT2D eigenvalue weighted by Crippen LogP contribution is -2.42. The largest absolute Gasteiger partial charge is 0.369 e. The first-order valence-electron chi connectivity index (χ1n) is 5.89. The highest BCUT2D eigenvalue weighted by molar-refractivity contribution is 5.94. The predicted molar refractivity (Wildman–Crippen MR) is 62.0 cm³/mol. The second-order valence-electron chi connectivity index (χ2n) is 4.43. The fraction of sp³-hybridized carbons (Fsp3) is 0.417. The monoisotopic (exact) mass is 269 g/mol. The maximum Gasteiger partial charge on any atom is 0.257 e. The van der Waals surface area contributed by atoms with Gasteiger partial charge in [0.15, 0.2) is 5.82 Å². The van der Waals surface area contributed by atoms with Gasteiger partial charge in [0.1, 0.15) is 0 Å². The number of likely N-dealkylation sites (tertiary alicyclic amines) is 1. The van der Waals surface area contributed by atoms with E-state index in [0.29, 0.717) is 25.9 Å². The van der Waals surface area contributed by atoms with Gasteiger partial charge in [0.05, 0.1) is 5.56 Å². The minimum atomic E-state index is -1.29. The first kappa shape index (κ1) is 13.4. The highest BCUT2D eigenvalue weighted by atomic mass is 19.2. The Hall–Kier alpha value is -2.05. The van der Waals surface area contributed by atoms with Gasteiger partial charge in [-0.3, -0.25) is 9.59 Å². The van der Waals surface area contributed by atoms with Gasteiger partial charge in [0, 0.05) is 25.2 Å². The van der Waals surface area contributed by atoms with E-state index in [0.717, 1.165) is 12.3 Å². The summed E-state index contributed by atoms with van der Waals surface area (Å²) in [4.78, 5) is 27.5. The Morgan fingerprint density at radius 2 is 1.95 bits per heavy atom. The van der Waals surface area contributed by atoms with E-state index in [1.54, 1.807) is 0 Å². The van der Waals surface area contributed by atoms with Crippen molar-refractivity contribution in [1.82, 2.24) is 9.88 Å². The Morgan fingerprint density at radius 3 is 2.53 bits per heavy atom. The quantitative estimate of drug-likeness (QED) is 0.803. The minimum absolute atomic E-state index is 0.261. The number of halogens is 2. The number of primary amides is 1. The molecule has 2 N–H and O–H groups in total. The Labute approximate surface area is 108 Å². The number of amides is 2. The van der Waals surface area contributed by atoms with Gasteiger partial charge in [-0.2, -0.15) is 4.39 Å². The summed E-state index contributed by atoms with van der Waals surface area (Å²) in [5, 5.41) is 0. The SMILES string of the molecule is NC(=O)C1CCN(C(=O)c2ccnc(F)c2F)CC1. The lowest BCUT2D eigenvalue weighted by Gasteiger charge is -2.30. The number of rotatable bonds is 2. The summed E-state index contributed by atoms with van der Waals surface area (Å²) < 4.78 is 26.4. The van der Waals surface area contributed by atoms with E-state index >= 15 is 0 Å². The Balaban J connectivity index is 2.09. The van der Waals surface area contributed by atoms with Crippen LogP contribution in [-0.4, -0.2) is 34.8 Å². The zero-order valence-corrected chi connectivity index (χ0v) is 10.1. The van der Waals surface area contributed by atoms with E-state index in [1.807, 2.05) is 0 Å². The van der Waals surface area contributed by atoms with Gasteiger partial charge in [-0.25, -0.2) is 9.37 Å². The average molecular weight is 269 g/mol. The van der Waals surface area contributed by atoms with Crippen molar-refractivity contribution in [3.05, 3.63) is 29.6 Å². The number of hydrogen-bond acceptors (Lipinski definition) is 3. The Kier molecular flexibility index (Phi) is 3.73. The van der Waals surface area contributed by atoms with Crippen LogP contribution in [0.4, 0.5) is 8.78 Å². The fourth-order valence-electron chi connectivity index (χ4n) is 2.12. The zero-order valence-electron chi connectivity index (χ0n) is 10.1. The van der Waals surface area contributed by atoms with Crippen LogP contribution >= 0.6 is 0 Å². The number of aromatic nitrogens is 1. The van der Waals surface area contributed by atoms with E-state index in [9.17, 15) is 18.4 Å². The number of nitrogens with zero attached hydrogens (tertiary/aromatic N) is 2. The van der Waals surface area contributed by atoms with Crippen molar-refractivity contribution in [2.24, 2.45) is 11.7 Å². The first-order valence-corrected chi connectivity index (χ1v) is 5.89. The van der Waals surface area contributed by atoms with E-state index in [1.165, 1.54) is 4.90 Å². The zero-order chi connectivity index (χ0) is 14.0. The van der Waals surface area contributed by atoms with Gasteiger partial charge in [-0.05, 0) is 18.9 Å². The smallest absolute Gasteiger partial charge is 0.257 e. The molecule has 0 aliphatic carbocycles. The van der Waals surface area contributed by atoms with E-state index in [4.69, 9.17) is 5.73 Å². The van der Waals surface area contributed by atoms with E-state index in [2.05, 4.69) is 4.98 Å². The second kappa shape index (κ2) is 5.29. The molecule has 1 aromatic heterocycles. The third-order valence-corrected chi connectivity index (χ3v) is 3.26. The van der Waals surface area contributed by atoms with Gasteiger partial charge < -0.3 is 10.6 Å². The molecule has 19 heavy (non-hydrogen) atoms. The average Bonchev–Trinajstić information content (AvgIpc) is 2.41. The van der Waals surface area contributed by atoms with Crippen LogP contribution in [0, 0.1) is 17.7 Å². The summed E-state index contributed by atoms with van der Waals surface area (Å²) in [5.41, 5.74) is 4.84. The van der Waals surface area contributed by atoms with Crippen molar-refractivity contribution in [2.75, 3.05) is 13.1 Å².